The number of fused-ring (bicyclic) bond motifs is 1. The third kappa shape index (κ3) is 3.85. The van der Waals surface area contributed by atoms with Crippen molar-refractivity contribution in [1.82, 2.24) is 9.88 Å². The molecule has 29 heavy (non-hydrogen) atoms. The lowest BCUT2D eigenvalue weighted by molar-refractivity contribution is 0.0694. The van der Waals surface area contributed by atoms with Gasteiger partial charge in [0.25, 0.3) is 0 Å². The zero-order valence-electron chi connectivity index (χ0n) is 17.2. The van der Waals surface area contributed by atoms with Gasteiger partial charge in [-0.1, -0.05) is 6.92 Å². The Hall–Kier alpha value is -2.48. The van der Waals surface area contributed by atoms with Crippen molar-refractivity contribution < 1.29 is 18.7 Å². The average Bonchev–Trinajstić information content (AvgIpc) is 3.08. The highest BCUT2D eigenvalue weighted by atomic mass is 19.1. The van der Waals surface area contributed by atoms with Gasteiger partial charge in [-0.3, -0.25) is 4.79 Å². The fraction of sp³-hybridized carbons (Fsp3) is 0.524. The largest absolute Gasteiger partial charge is 0.477 e. The van der Waals surface area contributed by atoms with E-state index in [9.17, 15) is 19.1 Å². The highest BCUT2D eigenvalue weighted by Crippen LogP contribution is 2.34. The number of carboxylic acids is 1. The number of nitrogens with one attached hydrogen (secondary N) is 1. The third-order valence-electron chi connectivity index (χ3n) is 5.39. The summed E-state index contributed by atoms with van der Waals surface area (Å²) in [5, 5.41) is 12.4. The Labute approximate surface area is 168 Å². The van der Waals surface area contributed by atoms with Crippen LogP contribution in [0.3, 0.4) is 0 Å². The molecule has 1 saturated heterocycles. The van der Waals surface area contributed by atoms with Crippen molar-refractivity contribution >= 4 is 22.6 Å². The van der Waals surface area contributed by atoms with Crippen LogP contribution in [0.1, 0.15) is 44.5 Å². The molecule has 1 aliphatic rings. The summed E-state index contributed by atoms with van der Waals surface area (Å²) in [6, 6.07) is 0.975. The predicted octanol–water partition coefficient (Wildman–Crippen LogP) is 3.17. The number of hydrogen-bond donors (Lipinski definition) is 2. The van der Waals surface area contributed by atoms with Gasteiger partial charge in [-0.2, -0.15) is 0 Å². The van der Waals surface area contributed by atoms with Crippen LogP contribution in [0.2, 0.25) is 0 Å². The normalized spacial score (nSPS) is 17.3. The Balaban J connectivity index is 2.22. The molecule has 1 unspecified atom stereocenters. The van der Waals surface area contributed by atoms with Crippen LogP contribution >= 0.6 is 0 Å². The van der Waals surface area contributed by atoms with Crippen LogP contribution in [0.25, 0.3) is 10.9 Å². The molecule has 0 spiro atoms. The second kappa shape index (κ2) is 7.74. The number of carboxylic acid groups (broad SMARTS) is 1. The Morgan fingerprint density at radius 1 is 1.34 bits per heavy atom. The van der Waals surface area contributed by atoms with E-state index in [2.05, 4.69) is 5.32 Å². The summed E-state index contributed by atoms with van der Waals surface area (Å²) in [5.74, 6) is -2.82. The van der Waals surface area contributed by atoms with Gasteiger partial charge in [0.2, 0.25) is 5.43 Å². The molecular weight excluding hydrogens is 380 g/mol. The lowest BCUT2D eigenvalue weighted by Gasteiger charge is -2.28. The van der Waals surface area contributed by atoms with E-state index in [1.54, 1.807) is 25.7 Å². The number of nitrogens with zero attached hydrogens (tertiary/aromatic N) is 2. The van der Waals surface area contributed by atoms with Crippen molar-refractivity contribution in [3.63, 3.8) is 0 Å². The average molecular weight is 407 g/mol. The number of hydrogen-bond acceptors (Lipinski definition) is 4. The Bertz CT molecular complexity index is 1010. The summed E-state index contributed by atoms with van der Waals surface area (Å²) >= 11 is 0. The lowest BCUT2D eigenvalue weighted by Crippen LogP contribution is -2.30. The number of benzene rings is 1. The van der Waals surface area contributed by atoms with E-state index in [1.807, 2.05) is 6.92 Å². The molecule has 8 heteroatoms. The standard InChI is InChI=1S/C21H27F2N3O3/c1-5-24-9-12-6-7-25(10-12)18-15(22)8-13-17(16(18)23)26(21(2,3)4)11-14(19(13)27)20(28)29/h8,11-12,24H,5-7,9-10H2,1-4H3,(H,28,29). The fourth-order valence-electron chi connectivity index (χ4n) is 3.93. The van der Waals surface area contributed by atoms with E-state index in [4.69, 9.17) is 0 Å². The van der Waals surface area contributed by atoms with Gasteiger partial charge in [-0.15, -0.1) is 0 Å². The maximum atomic E-state index is 15.7. The fourth-order valence-corrected chi connectivity index (χ4v) is 3.93. The van der Waals surface area contributed by atoms with Crippen molar-refractivity contribution in [2.24, 2.45) is 5.92 Å². The number of anilines is 1. The monoisotopic (exact) mass is 407 g/mol. The van der Waals surface area contributed by atoms with Gasteiger partial charge < -0.3 is 19.9 Å². The topological polar surface area (TPSA) is 74.6 Å². The van der Waals surface area contributed by atoms with Gasteiger partial charge in [-0.05, 0) is 52.3 Å². The van der Waals surface area contributed by atoms with E-state index in [0.29, 0.717) is 13.1 Å². The molecule has 3 rings (SSSR count). The molecule has 1 fully saturated rings. The van der Waals surface area contributed by atoms with Gasteiger partial charge in [0.15, 0.2) is 5.82 Å². The molecule has 0 radical (unpaired) electrons. The van der Waals surface area contributed by atoms with Crippen LogP contribution in [-0.4, -0.2) is 41.8 Å². The summed E-state index contributed by atoms with van der Waals surface area (Å²) in [7, 11) is 0. The highest BCUT2D eigenvalue weighted by Gasteiger charge is 2.31. The van der Waals surface area contributed by atoms with Crippen molar-refractivity contribution in [2.75, 3.05) is 31.1 Å². The number of aromatic nitrogens is 1. The minimum absolute atomic E-state index is 0.0703. The van der Waals surface area contributed by atoms with E-state index in [-0.39, 0.29) is 22.5 Å². The first-order valence-electron chi connectivity index (χ1n) is 9.83. The zero-order chi connectivity index (χ0) is 21.5. The maximum absolute atomic E-state index is 15.7. The van der Waals surface area contributed by atoms with Crippen molar-refractivity contribution in [1.29, 1.82) is 0 Å². The molecule has 1 atom stereocenters. The first kappa shape index (κ1) is 21.2. The third-order valence-corrected chi connectivity index (χ3v) is 5.39. The molecule has 2 aromatic rings. The second-order valence-corrected chi connectivity index (χ2v) is 8.54. The zero-order valence-corrected chi connectivity index (χ0v) is 17.2. The quantitative estimate of drug-likeness (QED) is 0.796. The van der Waals surface area contributed by atoms with Gasteiger partial charge in [0.05, 0.1) is 10.9 Å². The van der Waals surface area contributed by atoms with Crippen LogP contribution in [0.4, 0.5) is 14.5 Å². The Morgan fingerprint density at radius 2 is 2.03 bits per heavy atom. The van der Waals surface area contributed by atoms with Crippen LogP contribution in [0, 0.1) is 17.6 Å². The maximum Gasteiger partial charge on any atom is 0.341 e. The van der Waals surface area contributed by atoms with Crippen LogP contribution < -0.4 is 15.6 Å². The van der Waals surface area contributed by atoms with E-state index >= 15 is 4.39 Å². The number of rotatable bonds is 5. The van der Waals surface area contributed by atoms with Crippen LogP contribution in [0.15, 0.2) is 17.1 Å². The van der Waals surface area contributed by atoms with Crippen molar-refractivity contribution in [3.05, 3.63) is 39.7 Å². The molecule has 2 N–H and O–H groups in total. The molecule has 6 nitrogen and oxygen atoms in total. The Morgan fingerprint density at radius 3 is 2.62 bits per heavy atom. The van der Waals surface area contributed by atoms with Gasteiger partial charge in [0.1, 0.15) is 17.1 Å². The summed E-state index contributed by atoms with van der Waals surface area (Å²) in [6.07, 6.45) is 1.96. The molecule has 0 amide bonds. The molecule has 0 bridgehead atoms. The Kier molecular flexibility index (Phi) is 5.67. The van der Waals surface area contributed by atoms with E-state index < -0.39 is 34.1 Å². The number of halogens is 2. The lowest BCUT2D eigenvalue weighted by atomic mass is 10.0. The SMILES string of the molecule is CCNCC1CCN(c2c(F)cc3c(=O)c(C(=O)O)cn(C(C)(C)C)c3c2F)C1. The minimum Gasteiger partial charge on any atom is -0.477 e. The van der Waals surface area contributed by atoms with Crippen LogP contribution in [0.5, 0.6) is 0 Å². The van der Waals surface area contributed by atoms with Gasteiger partial charge in [-0.25, -0.2) is 13.6 Å². The predicted molar refractivity (Wildman–Crippen MR) is 109 cm³/mol. The first-order valence-corrected chi connectivity index (χ1v) is 9.83. The molecule has 1 aliphatic heterocycles. The summed E-state index contributed by atoms with van der Waals surface area (Å²) < 4.78 is 32.0. The summed E-state index contributed by atoms with van der Waals surface area (Å²) in [4.78, 5) is 25.8. The summed E-state index contributed by atoms with van der Waals surface area (Å²) in [6.45, 7) is 9.96. The minimum atomic E-state index is -1.43. The number of pyridine rings is 1. The highest BCUT2D eigenvalue weighted by molar-refractivity contribution is 5.94. The second-order valence-electron chi connectivity index (χ2n) is 8.54. The van der Waals surface area contributed by atoms with Gasteiger partial charge >= 0.3 is 5.97 Å². The molecule has 0 saturated carbocycles. The number of aromatic carboxylic acids is 1. The van der Waals surface area contributed by atoms with E-state index in [0.717, 1.165) is 31.8 Å². The smallest absolute Gasteiger partial charge is 0.341 e. The van der Waals surface area contributed by atoms with Gasteiger partial charge in [0, 0.05) is 24.8 Å². The van der Waals surface area contributed by atoms with Crippen LogP contribution in [-0.2, 0) is 5.54 Å². The molecule has 1 aromatic carbocycles. The molecular formula is C21H27F2N3O3. The van der Waals surface area contributed by atoms with E-state index in [1.165, 1.54) is 4.57 Å². The molecule has 1 aromatic heterocycles. The van der Waals surface area contributed by atoms with Crippen molar-refractivity contribution in [2.45, 2.75) is 39.7 Å². The number of carbonyl (C=O) groups is 1. The molecule has 2 heterocycles. The van der Waals surface area contributed by atoms with Crippen molar-refractivity contribution in [3.8, 4) is 0 Å². The molecule has 158 valence electrons. The molecule has 0 aliphatic carbocycles. The first-order chi connectivity index (χ1) is 13.6. The summed E-state index contributed by atoms with van der Waals surface area (Å²) in [5.41, 5.74) is -2.34.